The van der Waals surface area contributed by atoms with Gasteiger partial charge in [0.15, 0.2) is 5.82 Å². The molecule has 0 aliphatic heterocycles. The van der Waals surface area contributed by atoms with Crippen molar-refractivity contribution in [1.82, 2.24) is 14.8 Å². The second kappa shape index (κ2) is 4.94. The van der Waals surface area contributed by atoms with E-state index in [9.17, 15) is 0 Å². The van der Waals surface area contributed by atoms with Crippen molar-refractivity contribution in [3.63, 3.8) is 0 Å². The molecule has 17 heavy (non-hydrogen) atoms. The molecule has 5 heteroatoms. The molecule has 0 fully saturated rings. The highest BCUT2D eigenvalue weighted by molar-refractivity contribution is 6.16. The third-order valence-corrected chi connectivity index (χ3v) is 3.36. The summed E-state index contributed by atoms with van der Waals surface area (Å²) in [7, 11) is 1.70. The zero-order chi connectivity index (χ0) is 13.3. The molecule has 4 nitrogen and oxygen atoms in total. The van der Waals surface area contributed by atoms with Crippen LogP contribution in [-0.4, -0.2) is 21.9 Å². The molecule has 0 spiro atoms. The summed E-state index contributed by atoms with van der Waals surface area (Å²) >= 11 is 5.92. The lowest BCUT2D eigenvalue weighted by molar-refractivity contribution is -0.0149. The minimum atomic E-state index is -0.426. The van der Waals surface area contributed by atoms with Crippen LogP contribution in [0.4, 0.5) is 0 Å². The average molecular weight is 260 g/mol. The van der Waals surface area contributed by atoms with E-state index in [0.29, 0.717) is 5.88 Å². The molecular weight excluding hydrogens is 238 g/mol. The molecule has 0 aliphatic carbocycles. The van der Waals surface area contributed by atoms with E-state index in [0.717, 1.165) is 18.1 Å². The van der Waals surface area contributed by atoms with E-state index in [1.54, 1.807) is 7.11 Å². The fourth-order valence-electron chi connectivity index (χ4n) is 1.84. The van der Waals surface area contributed by atoms with Crippen LogP contribution in [0.25, 0.3) is 0 Å². The summed E-state index contributed by atoms with van der Waals surface area (Å²) in [6.07, 6.45) is 0.833. The Kier molecular flexibility index (Phi) is 4.20. The highest BCUT2D eigenvalue weighted by atomic mass is 35.5. The van der Waals surface area contributed by atoms with E-state index in [4.69, 9.17) is 16.3 Å². The normalized spacial score (nSPS) is 15.9. The van der Waals surface area contributed by atoms with Crippen LogP contribution in [0.2, 0.25) is 0 Å². The first-order valence-electron chi connectivity index (χ1n) is 5.86. The molecule has 1 atom stereocenters. The predicted octanol–water partition coefficient (Wildman–Crippen LogP) is 3.04. The summed E-state index contributed by atoms with van der Waals surface area (Å²) in [5.41, 5.74) is -0.539. The van der Waals surface area contributed by atoms with Crippen LogP contribution in [-0.2, 0) is 21.8 Å². The van der Waals surface area contributed by atoms with Crippen molar-refractivity contribution >= 4 is 11.6 Å². The van der Waals surface area contributed by atoms with E-state index < -0.39 is 5.60 Å². The van der Waals surface area contributed by atoms with Crippen molar-refractivity contribution in [1.29, 1.82) is 0 Å². The van der Waals surface area contributed by atoms with Gasteiger partial charge in [-0.05, 0) is 34.1 Å². The van der Waals surface area contributed by atoms with Crippen LogP contribution in [0.5, 0.6) is 0 Å². The summed E-state index contributed by atoms with van der Waals surface area (Å²) in [5, 5.41) is 8.43. The Morgan fingerprint density at radius 3 is 2.18 bits per heavy atom. The van der Waals surface area contributed by atoms with Gasteiger partial charge in [0.05, 0.1) is 5.88 Å². The molecule has 1 aromatic rings. The van der Waals surface area contributed by atoms with Gasteiger partial charge in [-0.2, -0.15) is 0 Å². The number of nitrogens with zero attached hydrogens (tertiary/aromatic N) is 3. The lowest BCUT2D eigenvalue weighted by Gasteiger charge is -2.32. The summed E-state index contributed by atoms with van der Waals surface area (Å²) in [4.78, 5) is 0. The number of methoxy groups -OCH3 is 1. The SMILES string of the molecule is CCC(C)(OC)c1nnc(CCl)n1C(C)(C)C. The van der Waals surface area contributed by atoms with Gasteiger partial charge in [0.2, 0.25) is 0 Å². The van der Waals surface area contributed by atoms with Crippen LogP contribution in [0.3, 0.4) is 0 Å². The Balaban J connectivity index is 3.40. The summed E-state index contributed by atoms with van der Waals surface area (Å²) in [6.45, 7) is 10.4. The first-order chi connectivity index (χ1) is 7.80. The van der Waals surface area contributed by atoms with Crippen LogP contribution >= 0.6 is 11.6 Å². The number of halogens is 1. The molecular formula is C12H22ClN3O. The Hall–Kier alpha value is -0.610. The second-order valence-electron chi connectivity index (χ2n) is 5.37. The molecule has 1 aromatic heterocycles. The number of alkyl halides is 1. The van der Waals surface area contributed by atoms with E-state index in [2.05, 4.69) is 42.5 Å². The van der Waals surface area contributed by atoms with Crippen molar-refractivity contribution in [2.24, 2.45) is 0 Å². The lowest BCUT2D eigenvalue weighted by Crippen LogP contribution is -2.34. The maximum absolute atomic E-state index is 5.92. The van der Waals surface area contributed by atoms with Gasteiger partial charge in [-0.1, -0.05) is 6.92 Å². The Labute approximate surface area is 108 Å². The summed E-state index contributed by atoms with van der Waals surface area (Å²) in [5.74, 6) is 1.98. The van der Waals surface area contributed by atoms with Crippen molar-refractivity contribution in [2.45, 2.75) is 58.1 Å². The largest absolute Gasteiger partial charge is 0.371 e. The average Bonchev–Trinajstić information content (AvgIpc) is 2.71. The zero-order valence-corrected chi connectivity index (χ0v) is 12.3. The lowest BCUT2D eigenvalue weighted by atomic mass is 9.99. The highest BCUT2D eigenvalue weighted by Crippen LogP contribution is 2.31. The molecule has 1 unspecified atom stereocenters. The third-order valence-electron chi connectivity index (χ3n) is 3.12. The Morgan fingerprint density at radius 2 is 1.82 bits per heavy atom. The van der Waals surface area contributed by atoms with Crippen LogP contribution in [0.1, 0.15) is 52.7 Å². The standard InChI is InChI=1S/C12H22ClN3O/c1-7-12(5,17-6)10-15-14-9(8-13)16(10)11(2,3)4/h7-8H2,1-6H3. The van der Waals surface area contributed by atoms with E-state index in [1.165, 1.54) is 0 Å². The van der Waals surface area contributed by atoms with Gasteiger partial charge in [-0.3, -0.25) is 0 Å². The van der Waals surface area contributed by atoms with E-state index in [-0.39, 0.29) is 5.54 Å². The molecule has 0 aromatic carbocycles. The maximum Gasteiger partial charge on any atom is 0.165 e. The monoisotopic (exact) mass is 259 g/mol. The Bertz CT molecular complexity index is 378. The quantitative estimate of drug-likeness (QED) is 0.781. The number of hydrogen-bond acceptors (Lipinski definition) is 3. The minimum absolute atomic E-state index is 0.113. The van der Waals surface area contributed by atoms with E-state index in [1.807, 2.05) is 6.92 Å². The van der Waals surface area contributed by atoms with Gasteiger partial charge in [0.25, 0.3) is 0 Å². The third kappa shape index (κ3) is 2.63. The molecule has 0 radical (unpaired) electrons. The molecule has 98 valence electrons. The number of aromatic nitrogens is 3. The fourth-order valence-corrected chi connectivity index (χ4v) is 2.02. The minimum Gasteiger partial charge on any atom is -0.371 e. The molecule has 0 amide bonds. The van der Waals surface area contributed by atoms with Gasteiger partial charge < -0.3 is 9.30 Å². The first-order valence-corrected chi connectivity index (χ1v) is 6.40. The fraction of sp³-hybridized carbons (Fsp3) is 0.833. The number of rotatable bonds is 4. The molecule has 0 saturated carbocycles. The summed E-state index contributed by atoms with van der Waals surface area (Å²) in [6, 6.07) is 0. The number of hydrogen-bond donors (Lipinski definition) is 0. The van der Waals surface area contributed by atoms with Crippen LogP contribution < -0.4 is 0 Å². The van der Waals surface area contributed by atoms with Gasteiger partial charge in [0.1, 0.15) is 11.4 Å². The topological polar surface area (TPSA) is 39.9 Å². The highest BCUT2D eigenvalue weighted by Gasteiger charge is 2.34. The molecule has 1 rings (SSSR count). The molecule has 0 N–H and O–H groups in total. The van der Waals surface area contributed by atoms with Crippen LogP contribution in [0.15, 0.2) is 0 Å². The smallest absolute Gasteiger partial charge is 0.165 e. The molecule has 0 bridgehead atoms. The van der Waals surface area contributed by atoms with Gasteiger partial charge in [-0.15, -0.1) is 21.8 Å². The Morgan fingerprint density at radius 1 is 1.24 bits per heavy atom. The number of ether oxygens (including phenoxy) is 1. The van der Waals surface area contributed by atoms with Gasteiger partial charge in [0, 0.05) is 12.6 Å². The molecule has 1 heterocycles. The van der Waals surface area contributed by atoms with E-state index >= 15 is 0 Å². The van der Waals surface area contributed by atoms with Crippen molar-refractivity contribution < 1.29 is 4.74 Å². The first kappa shape index (κ1) is 14.5. The zero-order valence-electron chi connectivity index (χ0n) is 11.5. The molecule has 0 saturated heterocycles. The maximum atomic E-state index is 5.92. The summed E-state index contributed by atoms with van der Waals surface area (Å²) < 4.78 is 7.68. The predicted molar refractivity (Wildman–Crippen MR) is 69.2 cm³/mol. The van der Waals surface area contributed by atoms with Crippen molar-refractivity contribution in [2.75, 3.05) is 7.11 Å². The van der Waals surface area contributed by atoms with Crippen molar-refractivity contribution in [3.8, 4) is 0 Å². The van der Waals surface area contributed by atoms with Crippen molar-refractivity contribution in [3.05, 3.63) is 11.6 Å². The van der Waals surface area contributed by atoms with Crippen LogP contribution in [0, 0.1) is 0 Å². The van der Waals surface area contributed by atoms with Gasteiger partial charge in [-0.25, -0.2) is 0 Å². The second-order valence-corrected chi connectivity index (χ2v) is 5.64. The van der Waals surface area contributed by atoms with Gasteiger partial charge >= 0.3 is 0 Å². The molecule has 0 aliphatic rings.